The topological polar surface area (TPSA) is 24.5 Å². The summed E-state index contributed by atoms with van der Waals surface area (Å²) in [5.74, 6) is 0.862. The maximum atomic E-state index is 5.76. The molecular formula is C17H34N2O. The molecule has 1 saturated heterocycles. The fourth-order valence-corrected chi connectivity index (χ4v) is 3.96. The lowest BCUT2D eigenvalue weighted by Crippen LogP contribution is -2.45. The fraction of sp³-hybridized carbons (Fsp3) is 1.00. The van der Waals surface area contributed by atoms with Crippen LogP contribution in [0.3, 0.4) is 0 Å². The molecule has 1 heterocycles. The number of nitrogens with zero attached hydrogens (tertiary/aromatic N) is 1. The predicted molar refractivity (Wildman–Crippen MR) is 85.1 cm³/mol. The predicted octanol–water partition coefficient (Wildman–Crippen LogP) is 3.05. The Kier molecular flexibility index (Phi) is 7.32. The number of rotatable bonds is 6. The first-order valence-corrected chi connectivity index (χ1v) is 8.90. The summed E-state index contributed by atoms with van der Waals surface area (Å²) in [5.41, 5.74) is 0. The molecule has 1 aliphatic heterocycles. The van der Waals surface area contributed by atoms with Crippen molar-refractivity contribution in [3.8, 4) is 0 Å². The van der Waals surface area contributed by atoms with E-state index in [4.69, 9.17) is 4.74 Å². The Morgan fingerprint density at radius 1 is 1.00 bits per heavy atom. The largest absolute Gasteiger partial charge is 0.378 e. The second-order valence-corrected chi connectivity index (χ2v) is 6.52. The maximum Gasteiger partial charge on any atom is 0.0599 e. The van der Waals surface area contributed by atoms with Gasteiger partial charge in [-0.15, -0.1) is 0 Å². The highest BCUT2D eigenvalue weighted by molar-refractivity contribution is 4.83. The first-order chi connectivity index (χ1) is 9.83. The van der Waals surface area contributed by atoms with Crippen LogP contribution in [0.4, 0.5) is 0 Å². The number of piperidine rings is 1. The molecular weight excluding hydrogens is 248 g/mol. The maximum absolute atomic E-state index is 5.76. The molecule has 2 atom stereocenters. The summed E-state index contributed by atoms with van der Waals surface area (Å²) >= 11 is 0. The van der Waals surface area contributed by atoms with E-state index >= 15 is 0 Å². The van der Waals surface area contributed by atoms with Gasteiger partial charge in [-0.3, -0.25) is 0 Å². The van der Waals surface area contributed by atoms with Crippen LogP contribution in [0.5, 0.6) is 0 Å². The molecule has 0 amide bonds. The van der Waals surface area contributed by atoms with Crippen LogP contribution in [0.25, 0.3) is 0 Å². The molecule has 20 heavy (non-hydrogen) atoms. The van der Waals surface area contributed by atoms with Crippen LogP contribution in [0.15, 0.2) is 0 Å². The number of hydrogen-bond donors (Lipinski definition) is 1. The zero-order valence-electron chi connectivity index (χ0n) is 13.6. The molecule has 0 aromatic rings. The molecule has 1 aliphatic carbocycles. The minimum atomic E-state index is 0.523. The van der Waals surface area contributed by atoms with Gasteiger partial charge in [0, 0.05) is 32.3 Å². The number of hydrogen-bond acceptors (Lipinski definition) is 3. The molecule has 0 spiro atoms. The molecule has 0 bridgehead atoms. The highest BCUT2D eigenvalue weighted by Crippen LogP contribution is 2.26. The lowest BCUT2D eigenvalue weighted by molar-refractivity contribution is 0.00947. The molecule has 3 heteroatoms. The van der Waals surface area contributed by atoms with Gasteiger partial charge in [0.05, 0.1) is 6.10 Å². The van der Waals surface area contributed by atoms with Crippen molar-refractivity contribution in [1.29, 1.82) is 0 Å². The van der Waals surface area contributed by atoms with Crippen LogP contribution in [-0.4, -0.2) is 49.8 Å². The average molecular weight is 282 g/mol. The van der Waals surface area contributed by atoms with E-state index in [0.29, 0.717) is 6.10 Å². The Labute approximate surface area is 125 Å². The van der Waals surface area contributed by atoms with Gasteiger partial charge in [-0.1, -0.05) is 26.2 Å². The molecule has 2 unspecified atom stereocenters. The molecule has 118 valence electrons. The molecule has 2 aliphatic rings. The van der Waals surface area contributed by atoms with Gasteiger partial charge < -0.3 is 15.0 Å². The third-order valence-corrected chi connectivity index (χ3v) is 5.06. The van der Waals surface area contributed by atoms with Crippen molar-refractivity contribution in [3.05, 3.63) is 0 Å². The van der Waals surface area contributed by atoms with E-state index in [9.17, 15) is 0 Å². The van der Waals surface area contributed by atoms with Crippen LogP contribution in [-0.2, 0) is 4.74 Å². The Balaban J connectivity index is 1.78. The lowest BCUT2D eigenvalue weighted by atomic mass is 9.93. The summed E-state index contributed by atoms with van der Waals surface area (Å²) < 4.78 is 5.76. The van der Waals surface area contributed by atoms with Gasteiger partial charge in [0.25, 0.3) is 0 Å². The number of ether oxygens (including phenoxy) is 1. The van der Waals surface area contributed by atoms with Gasteiger partial charge in [-0.05, 0) is 45.1 Å². The van der Waals surface area contributed by atoms with Crippen molar-refractivity contribution in [2.24, 2.45) is 5.92 Å². The van der Waals surface area contributed by atoms with Gasteiger partial charge in [-0.25, -0.2) is 0 Å². The molecule has 1 saturated carbocycles. The van der Waals surface area contributed by atoms with Crippen molar-refractivity contribution in [1.82, 2.24) is 10.2 Å². The molecule has 0 radical (unpaired) electrons. The smallest absolute Gasteiger partial charge is 0.0599 e. The van der Waals surface area contributed by atoms with E-state index in [1.165, 1.54) is 64.6 Å². The molecule has 0 aromatic carbocycles. The summed E-state index contributed by atoms with van der Waals surface area (Å²) in [6, 6.07) is 0.757. The fourth-order valence-electron chi connectivity index (χ4n) is 3.96. The second-order valence-electron chi connectivity index (χ2n) is 6.52. The highest BCUT2D eigenvalue weighted by atomic mass is 16.5. The van der Waals surface area contributed by atoms with Crippen molar-refractivity contribution >= 4 is 0 Å². The zero-order chi connectivity index (χ0) is 14.2. The monoisotopic (exact) mass is 282 g/mol. The number of likely N-dealkylation sites (tertiary alicyclic amines) is 1. The van der Waals surface area contributed by atoms with Crippen molar-refractivity contribution < 1.29 is 4.74 Å². The normalized spacial score (nSPS) is 30.3. The van der Waals surface area contributed by atoms with Crippen molar-refractivity contribution in [3.63, 3.8) is 0 Å². The standard InChI is InChI=1S/C17H34N2O/c1-3-18-17-9-7-5-6-8-15(17)14-19-12-10-16(11-13-19)20-4-2/h15-18H,3-14H2,1-2H3. The van der Waals surface area contributed by atoms with Crippen LogP contribution >= 0.6 is 0 Å². The average Bonchev–Trinajstić information content (AvgIpc) is 2.68. The number of nitrogens with one attached hydrogen (secondary N) is 1. The first kappa shape index (κ1) is 16.3. The van der Waals surface area contributed by atoms with E-state index in [2.05, 4.69) is 24.1 Å². The molecule has 2 rings (SSSR count). The van der Waals surface area contributed by atoms with Crippen LogP contribution in [0.2, 0.25) is 0 Å². The van der Waals surface area contributed by atoms with E-state index < -0.39 is 0 Å². The molecule has 2 fully saturated rings. The van der Waals surface area contributed by atoms with Crippen LogP contribution in [0, 0.1) is 5.92 Å². The Morgan fingerprint density at radius 2 is 1.75 bits per heavy atom. The van der Waals surface area contributed by atoms with Gasteiger partial charge >= 0.3 is 0 Å². The summed E-state index contributed by atoms with van der Waals surface area (Å²) in [6.45, 7) is 10.1. The minimum Gasteiger partial charge on any atom is -0.378 e. The minimum absolute atomic E-state index is 0.523. The van der Waals surface area contributed by atoms with Gasteiger partial charge in [0.15, 0.2) is 0 Å². The Bertz CT molecular complexity index is 251. The van der Waals surface area contributed by atoms with Crippen LogP contribution < -0.4 is 5.32 Å². The third-order valence-electron chi connectivity index (χ3n) is 5.06. The molecule has 1 N–H and O–H groups in total. The van der Waals surface area contributed by atoms with Crippen LogP contribution in [0.1, 0.15) is 58.8 Å². The SMILES string of the molecule is CCNC1CCCCCC1CN1CCC(OCC)CC1. The molecule has 3 nitrogen and oxygen atoms in total. The lowest BCUT2D eigenvalue weighted by Gasteiger charge is -2.36. The summed E-state index contributed by atoms with van der Waals surface area (Å²) in [6.07, 6.45) is 10.1. The quantitative estimate of drug-likeness (QED) is 0.758. The Hall–Kier alpha value is -0.120. The van der Waals surface area contributed by atoms with E-state index in [1.807, 2.05) is 0 Å². The van der Waals surface area contributed by atoms with E-state index in [0.717, 1.165) is 25.1 Å². The summed E-state index contributed by atoms with van der Waals surface area (Å²) in [7, 11) is 0. The van der Waals surface area contributed by atoms with Crippen molar-refractivity contribution in [2.75, 3.05) is 32.8 Å². The van der Waals surface area contributed by atoms with Gasteiger partial charge in [0.2, 0.25) is 0 Å². The molecule has 0 aromatic heterocycles. The highest BCUT2D eigenvalue weighted by Gasteiger charge is 2.27. The summed E-state index contributed by atoms with van der Waals surface area (Å²) in [4.78, 5) is 2.69. The first-order valence-electron chi connectivity index (χ1n) is 8.90. The van der Waals surface area contributed by atoms with E-state index in [1.54, 1.807) is 0 Å². The zero-order valence-corrected chi connectivity index (χ0v) is 13.6. The van der Waals surface area contributed by atoms with Gasteiger partial charge in [-0.2, -0.15) is 0 Å². The Morgan fingerprint density at radius 3 is 2.45 bits per heavy atom. The summed E-state index contributed by atoms with van der Waals surface area (Å²) in [5, 5.41) is 3.74. The van der Waals surface area contributed by atoms with Crippen molar-refractivity contribution in [2.45, 2.75) is 70.9 Å². The van der Waals surface area contributed by atoms with Gasteiger partial charge in [0.1, 0.15) is 0 Å². The third kappa shape index (κ3) is 5.01. The second kappa shape index (κ2) is 9.01. The van der Waals surface area contributed by atoms with E-state index in [-0.39, 0.29) is 0 Å².